The van der Waals surface area contributed by atoms with Gasteiger partial charge in [-0.3, -0.25) is 8.47 Å². The molecule has 0 bridgehead atoms. The van der Waals surface area contributed by atoms with E-state index in [9.17, 15) is 9.90 Å². The summed E-state index contributed by atoms with van der Waals surface area (Å²) in [6.45, 7) is 22.2. The standard InChI is InChI=1S/C16H32N2O2Si2/c1-15(2,3)21(7,8)17-11-12-18(13(17)14(19)20)22(9,10)16(4,5)6/h11-12H,1-10H3/p+1. The molecule has 0 amide bonds. The number of nitrogens with zero attached hydrogens (tertiary/aromatic N) is 2. The van der Waals surface area contributed by atoms with E-state index in [2.05, 4.69) is 76.2 Å². The van der Waals surface area contributed by atoms with E-state index < -0.39 is 22.4 Å². The second kappa shape index (κ2) is 5.33. The number of aromatic carboxylic acids is 1. The molecule has 0 saturated carbocycles. The quantitative estimate of drug-likeness (QED) is 0.838. The van der Waals surface area contributed by atoms with Gasteiger partial charge >= 0.3 is 11.8 Å². The van der Waals surface area contributed by atoms with E-state index in [-0.39, 0.29) is 10.1 Å². The van der Waals surface area contributed by atoms with Crippen LogP contribution in [0.5, 0.6) is 0 Å². The predicted molar refractivity (Wildman–Crippen MR) is 96.8 cm³/mol. The number of imidazole rings is 1. The van der Waals surface area contributed by atoms with Crippen LogP contribution in [0.3, 0.4) is 0 Å². The maximum absolute atomic E-state index is 12.1. The molecule has 0 fully saturated rings. The minimum absolute atomic E-state index is 0.0848. The number of aromatic nitrogens is 2. The number of rotatable bonds is 3. The first-order valence-corrected chi connectivity index (χ1v) is 13.8. The number of hydrogen-bond acceptors (Lipinski definition) is 1. The van der Waals surface area contributed by atoms with Crippen molar-refractivity contribution in [3.8, 4) is 0 Å². The zero-order valence-corrected chi connectivity index (χ0v) is 17.9. The largest absolute Gasteiger partial charge is 0.472 e. The molecule has 0 saturated heterocycles. The Bertz CT molecular complexity index is 532. The summed E-state index contributed by atoms with van der Waals surface area (Å²) in [4.78, 5) is 12.1. The van der Waals surface area contributed by atoms with Crippen molar-refractivity contribution >= 4 is 22.4 Å². The van der Waals surface area contributed by atoms with E-state index >= 15 is 0 Å². The zero-order chi connectivity index (χ0) is 17.7. The van der Waals surface area contributed by atoms with Crippen LogP contribution in [0.2, 0.25) is 36.3 Å². The minimum atomic E-state index is -1.97. The van der Waals surface area contributed by atoms with E-state index in [4.69, 9.17) is 0 Å². The monoisotopic (exact) mass is 341 g/mol. The number of carbonyl (C=O) groups is 1. The van der Waals surface area contributed by atoms with Gasteiger partial charge in [0.15, 0.2) is 0 Å². The fourth-order valence-electron chi connectivity index (χ4n) is 2.22. The normalized spacial score (nSPS) is 14.3. The smallest absolute Gasteiger partial charge is 0.416 e. The molecule has 1 N–H and O–H groups in total. The van der Waals surface area contributed by atoms with Gasteiger partial charge in [0.1, 0.15) is 12.4 Å². The molecule has 0 aromatic carbocycles. The van der Waals surface area contributed by atoms with Gasteiger partial charge in [0.05, 0.1) is 0 Å². The summed E-state index contributed by atoms with van der Waals surface area (Å²) in [6.07, 6.45) is 4.00. The molecule has 126 valence electrons. The van der Waals surface area contributed by atoms with Crippen LogP contribution in [-0.2, 0) is 0 Å². The highest BCUT2D eigenvalue weighted by molar-refractivity contribution is 6.79. The molecule has 0 aliphatic heterocycles. The molecule has 4 nitrogen and oxygen atoms in total. The van der Waals surface area contributed by atoms with Crippen molar-refractivity contribution in [1.82, 2.24) is 4.23 Å². The Hall–Kier alpha value is -0.886. The number of carboxylic acids is 1. The van der Waals surface area contributed by atoms with Crippen molar-refractivity contribution < 1.29 is 14.1 Å². The molecule has 1 aromatic heterocycles. The molecule has 1 aromatic rings. The Kier molecular flexibility index (Phi) is 4.65. The fourth-order valence-corrected chi connectivity index (χ4v) is 6.11. The van der Waals surface area contributed by atoms with Gasteiger partial charge in [-0.15, -0.1) is 0 Å². The number of carboxylic acid groups (broad SMARTS) is 1. The second-order valence-electron chi connectivity index (χ2n) is 9.28. The fraction of sp³-hybridized carbons (Fsp3) is 0.750. The molecule has 0 aliphatic carbocycles. The molecular weight excluding hydrogens is 308 g/mol. The van der Waals surface area contributed by atoms with Crippen LogP contribution in [0.1, 0.15) is 52.2 Å². The lowest BCUT2D eigenvalue weighted by Crippen LogP contribution is -2.67. The van der Waals surface area contributed by atoms with Crippen molar-refractivity contribution in [2.45, 2.75) is 77.8 Å². The van der Waals surface area contributed by atoms with Crippen LogP contribution < -0.4 is 4.23 Å². The topological polar surface area (TPSA) is 46.1 Å². The molecule has 22 heavy (non-hydrogen) atoms. The Balaban J connectivity index is 3.67. The highest BCUT2D eigenvalue weighted by atomic mass is 28.3. The molecule has 0 atom stereocenters. The highest BCUT2D eigenvalue weighted by Gasteiger charge is 2.51. The van der Waals surface area contributed by atoms with Crippen LogP contribution in [0.25, 0.3) is 0 Å². The average Bonchev–Trinajstić information content (AvgIpc) is 2.70. The lowest BCUT2D eigenvalue weighted by Gasteiger charge is -2.35. The first-order valence-electron chi connectivity index (χ1n) is 7.92. The van der Waals surface area contributed by atoms with Crippen LogP contribution in [-0.4, -0.2) is 31.8 Å². The summed E-state index contributed by atoms with van der Waals surface area (Å²) >= 11 is 0. The van der Waals surface area contributed by atoms with Gasteiger partial charge in [-0.25, -0.2) is 4.79 Å². The minimum Gasteiger partial charge on any atom is -0.472 e. The second-order valence-corrected chi connectivity index (χ2v) is 19.5. The van der Waals surface area contributed by atoms with Crippen molar-refractivity contribution in [2.24, 2.45) is 0 Å². The van der Waals surface area contributed by atoms with Crippen LogP contribution in [0, 0.1) is 0 Å². The van der Waals surface area contributed by atoms with Gasteiger partial charge < -0.3 is 5.11 Å². The van der Waals surface area contributed by atoms with E-state index in [1.807, 2.05) is 12.4 Å². The molecule has 1 heterocycles. The van der Waals surface area contributed by atoms with Crippen LogP contribution in [0.15, 0.2) is 12.4 Å². The summed E-state index contributed by atoms with van der Waals surface area (Å²) in [5, 5.41) is 10.1. The Labute approximate surface area is 137 Å². The molecule has 0 unspecified atom stereocenters. The Morgan fingerprint density at radius 2 is 1.50 bits per heavy atom. The third kappa shape index (κ3) is 2.95. The summed E-state index contributed by atoms with van der Waals surface area (Å²) in [6, 6.07) is 0. The van der Waals surface area contributed by atoms with Crippen molar-refractivity contribution in [3.05, 3.63) is 18.2 Å². The average molecular weight is 342 g/mol. The van der Waals surface area contributed by atoms with Gasteiger partial charge in [0.2, 0.25) is 0 Å². The van der Waals surface area contributed by atoms with Gasteiger partial charge in [-0.2, -0.15) is 0 Å². The van der Waals surface area contributed by atoms with Gasteiger partial charge in [-0.05, 0) is 36.3 Å². The maximum atomic E-state index is 12.1. The van der Waals surface area contributed by atoms with Crippen LogP contribution >= 0.6 is 0 Å². The SMILES string of the molecule is CC(C)(C)[Si](C)(C)n1cc[n+]([Si](C)(C)C(C)(C)C)c1C(=O)O. The molecule has 0 radical (unpaired) electrons. The summed E-state index contributed by atoms with van der Waals surface area (Å²) in [5.74, 6) is -0.363. The first kappa shape index (κ1) is 19.2. The third-order valence-electron chi connectivity index (χ3n) is 5.89. The highest BCUT2D eigenvalue weighted by Crippen LogP contribution is 2.38. The summed E-state index contributed by atoms with van der Waals surface area (Å²) in [7, 11) is -3.94. The van der Waals surface area contributed by atoms with Gasteiger partial charge in [-0.1, -0.05) is 41.5 Å². The van der Waals surface area contributed by atoms with Crippen molar-refractivity contribution in [1.29, 1.82) is 0 Å². The van der Waals surface area contributed by atoms with E-state index in [0.29, 0.717) is 5.82 Å². The zero-order valence-electron chi connectivity index (χ0n) is 15.9. The van der Waals surface area contributed by atoms with E-state index in [0.717, 1.165) is 0 Å². The third-order valence-corrected chi connectivity index (χ3v) is 16.4. The van der Waals surface area contributed by atoms with Gasteiger partial charge in [0, 0.05) is 0 Å². The molecule has 0 spiro atoms. The van der Waals surface area contributed by atoms with Crippen LogP contribution in [0.4, 0.5) is 0 Å². The predicted octanol–water partition coefficient (Wildman–Crippen LogP) is 4.18. The molecule has 6 heteroatoms. The molecular formula is C16H33N2O2Si2+. The van der Waals surface area contributed by atoms with Crippen molar-refractivity contribution in [3.63, 3.8) is 0 Å². The summed E-state index contributed by atoms with van der Waals surface area (Å²) in [5.41, 5.74) is 0. The van der Waals surface area contributed by atoms with E-state index in [1.54, 1.807) is 0 Å². The lowest BCUT2D eigenvalue weighted by molar-refractivity contribution is -0.552. The lowest BCUT2D eigenvalue weighted by atomic mass is 10.2. The number of hydrogen-bond donors (Lipinski definition) is 1. The van der Waals surface area contributed by atoms with Gasteiger partial charge in [0.25, 0.3) is 16.5 Å². The maximum Gasteiger partial charge on any atom is 0.416 e. The Morgan fingerprint density at radius 3 is 1.82 bits per heavy atom. The van der Waals surface area contributed by atoms with E-state index in [1.165, 1.54) is 0 Å². The van der Waals surface area contributed by atoms with Crippen molar-refractivity contribution in [2.75, 3.05) is 0 Å². The Morgan fingerprint density at radius 1 is 1.05 bits per heavy atom. The molecule has 0 aliphatic rings. The summed E-state index contributed by atoms with van der Waals surface area (Å²) < 4.78 is 4.16. The first-order chi connectivity index (χ1) is 9.55. The molecule has 1 rings (SSSR count).